The van der Waals surface area contributed by atoms with Gasteiger partial charge in [-0.15, -0.1) is 10.2 Å². The molecule has 146 valence electrons. The fraction of sp³-hybridized carbons (Fsp3) is 0.227. The third-order valence-corrected chi connectivity index (χ3v) is 4.91. The van der Waals surface area contributed by atoms with Crippen molar-refractivity contribution in [2.24, 2.45) is 0 Å². The van der Waals surface area contributed by atoms with Crippen LogP contribution in [-0.2, 0) is 6.42 Å². The van der Waals surface area contributed by atoms with Gasteiger partial charge in [0.05, 0.1) is 5.69 Å². The predicted octanol–water partition coefficient (Wildman–Crippen LogP) is 3.73. The van der Waals surface area contributed by atoms with E-state index in [4.69, 9.17) is 0 Å². The Hall–Kier alpha value is -3.61. The smallest absolute Gasteiger partial charge is 0.260 e. The van der Waals surface area contributed by atoms with E-state index in [2.05, 4.69) is 32.5 Å². The fourth-order valence-corrected chi connectivity index (χ4v) is 3.35. The third kappa shape index (κ3) is 3.71. The summed E-state index contributed by atoms with van der Waals surface area (Å²) in [5, 5.41) is 14.4. The van der Waals surface area contributed by atoms with Crippen molar-refractivity contribution in [2.75, 3.05) is 0 Å². The van der Waals surface area contributed by atoms with Crippen molar-refractivity contribution in [3.05, 3.63) is 76.5 Å². The highest BCUT2D eigenvalue weighted by molar-refractivity contribution is 5.80. The number of hydrogen-bond donors (Lipinski definition) is 1. The van der Waals surface area contributed by atoms with Crippen molar-refractivity contribution < 1.29 is 0 Å². The summed E-state index contributed by atoms with van der Waals surface area (Å²) in [6.07, 6.45) is 4.48. The van der Waals surface area contributed by atoms with Crippen molar-refractivity contribution >= 4 is 0 Å². The van der Waals surface area contributed by atoms with Crippen LogP contribution in [0.2, 0.25) is 0 Å². The summed E-state index contributed by atoms with van der Waals surface area (Å²) in [7, 11) is 0. The highest BCUT2D eigenvalue weighted by atomic mass is 16.1. The zero-order valence-electron chi connectivity index (χ0n) is 16.5. The number of H-pyrrole nitrogens is 1. The Morgan fingerprint density at radius 2 is 1.79 bits per heavy atom. The number of rotatable bonds is 6. The van der Waals surface area contributed by atoms with E-state index in [0.717, 1.165) is 47.5 Å². The number of unbranched alkanes of at least 4 members (excludes halogenated alkanes) is 1. The quantitative estimate of drug-likeness (QED) is 0.545. The number of tetrazole rings is 1. The molecule has 0 aliphatic rings. The molecule has 7 nitrogen and oxygen atoms in total. The molecule has 0 fully saturated rings. The van der Waals surface area contributed by atoms with E-state index in [-0.39, 0.29) is 5.56 Å². The second-order valence-electron chi connectivity index (χ2n) is 6.93. The molecule has 1 N–H and O–H groups in total. The van der Waals surface area contributed by atoms with Crippen LogP contribution in [0, 0.1) is 6.92 Å². The van der Waals surface area contributed by atoms with Crippen molar-refractivity contribution in [3.8, 4) is 28.2 Å². The molecule has 0 unspecified atom stereocenters. The van der Waals surface area contributed by atoms with E-state index in [0.29, 0.717) is 11.4 Å². The summed E-state index contributed by atoms with van der Waals surface area (Å²) in [5.41, 5.74) is 4.34. The van der Waals surface area contributed by atoms with E-state index in [1.807, 2.05) is 48.5 Å². The Bertz CT molecular complexity index is 1160. The van der Waals surface area contributed by atoms with Gasteiger partial charge < -0.3 is 0 Å². The summed E-state index contributed by atoms with van der Waals surface area (Å²) >= 11 is 0. The molecule has 29 heavy (non-hydrogen) atoms. The molecule has 2 aromatic carbocycles. The number of benzene rings is 2. The van der Waals surface area contributed by atoms with Crippen LogP contribution in [0.25, 0.3) is 28.2 Å². The van der Waals surface area contributed by atoms with Crippen molar-refractivity contribution in [1.29, 1.82) is 0 Å². The molecule has 0 amide bonds. The standard InChI is InChI=1S/C22H22N6O/c1-3-4-9-20-23-14-15(2)22(29)28(20)17-12-10-16(11-13-17)18-7-5-6-8-19(18)21-24-26-27-25-21/h5-8,10-14H,3-4,9H2,1-2H3,(H,24,25,26,27). The first-order valence-corrected chi connectivity index (χ1v) is 9.70. The van der Waals surface area contributed by atoms with Crippen LogP contribution in [0.15, 0.2) is 59.5 Å². The normalized spacial score (nSPS) is 11.0. The molecule has 2 heterocycles. The number of hydrogen-bond acceptors (Lipinski definition) is 5. The summed E-state index contributed by atoms with van der Waals surface area (Å²) in [4.78, 5) is 17.3. The lowest BCUT2D eigenvalue weighted by molar-refractivity contribution is 0.709. The second kappa shape index (κ2) is 8.18. The Morgan fingerprint density at radius 1 is 1.03 bits per heavy atom. The molecule has 4 rings (SSSR count). The Balaban J connectivity index is 1.76. The molecule has 0 spiro atoms. The van der Waals surface area contributed by atoms with Crippen LogP contribution >= 0.6 is 0 Å². The van der Waals surface area contributed by atoms with Gasteiger partial charge in [0, 0.05) is 23.7 Å². The molecule has 0 saturated carbocycles. The molecule has 0 atom stereocenters. The maximum absolute atomic E-state index is 12.8. The van der Waals surface area contributed by atoms with E-state index in [1.54, 1.807) is 17.7 Å². The van der Waals surface area contributed by atoms with Gasteiger partial charge in [-0.3, -0.25) is 9.36 Å². The van der Waals surface area contributed by atoms with Crippen LogP contribution in [0.4, 0.5) is 0 Å². The Labute approximate surface area is 168 Å². The Morgan fingerprint density at radius 3 is 2.48 bits per heavy atom. The van der Waals surface area contributed by atoms with Crippen molar-refractivity contribution in [2.45, 2.75) is 33.1 Å². The van der Waals surface area contributed by atoms with Crippen LogP contribution < -0.4 is 5.56 Å². The molecule has 7 heteroatoms. The van der Waals surface area contributed by atoms with Gasteiger partial charge in [0.2, 0.25) is 5.82 Å². The number of aryl methyl sites for hydroxylation is 2. The average Bonchev–Trinajstić information content (AvgIpc) is 3.30. The van der Waals surface area contributed by atoms with Gasteiger partial charge in [0.15, 0.2) is 0 Å². The average molecular weight is 386 g/mol. The summed E-state index contributed by atoms with van der Waals surface area (Å²) in [6.45, 7) is 3.93. The van der Waals surface area contributed by atoms with Gasteiger partial charge in [-0.05, 0) is 41.8 Å². The zero-order chi connectivity index (χ0) is 20.2. The van der Waals surface area contributed by atoms with Crippen LogP contribution in [0.5, 0.6) is 0 Å². The minimum absolute atomic E-state index is 0.0222. The number of nitrogens with one attached hydrogen (secondary N) is 1. The maximum Gasteiger partial charge on any atom is 0.260 e. The van der Waals surface area contributed by atoms with Gasteiger partial charge in [0.25, 0.3) is 5.56 Å². The minimum atomic E-state index is -0.0222. The predicted molar refractivity (Wildman–Crippen MR) is 112 cm³/mol. The lowest BCUT2D eigenvalue weighted by Crippen LogP contribution is -2.25. The van der Waals surface area contributed by atoms with Crippen LogP contribution in [0.3, 0.4) is 0 Å². The van der Waals surface area contributed by atoms with Gasteiger partial charge in [-0.25, -0.2) is 4.98 Å². The van der Waals surface area contributed by atoms with Crippen molar-refractivity contribution in [1.82, 2.24) is 30.2 Å². The molecule has 0 radical (unpaired) electrons. The van der Waals surface area contributed by atoms with Crippen molar-refractivity contribution in [3.63, 3.8) is 0 Å². The molecule has 2 aromatic heterocycles. The van der Waals surface area contributed by atoms with Gasteiger partial charge in [-0.2, -0.15) is 5.21 Å². The number of nitrogens with zero attached hydrogens (tertiary/aromatic N) is 5. The number of aromatic nitrogens is 6. The van der Waals surface area contributed by atoms with Crippen LogP contribution in [0.1, 0.15) is 31.2 Å². The first-order chi connectivity index (χ1) is 14.2. The van der Waals surface area contributed by atoms with Crippen LogP contribution in [-0.4, -0.2) is 30.2 Å². The van der Waals surface area contributed by atoms with E-state index in [9.17, 15) is 4.79 Å². The highest BCUT2D eigenvalue weighted by Crippen LogP contribution is 2.30. The molecule has 0 aliphatic heterocycles. The summed E-state index contributed by atoms with van der Waals surface area (Å²) < 4.78 is 1.72. The third-order valence-electron chi connectivity index (χ3n) is 4.91. The molecule has 0 saturated heterocycles. The lowest BCUT2D eigenvalue weighted by Gasteiger charge is -2.14. The first-order valence-electron chi connectivity index (χ1n) is 9.70. The Kier molecular flexibility index (Phi) is 5.29. The topological polar surface area (TPSA) is 89.4 Å². The number of aromatic amines is 1. The lowest BCUT2D eigenvalue weighted by atomic mass is 9.99. The largest absolute Gasteiger partial charge is 0.269 e. The van der Waals surface area contributed by atoms with E-state index in [1.165, 1.54) is 0 Å². The monoisotopic (exact) mass is 386 g/mol. The zero-order valence-corrected chi connectivity index (χ0v) is 16.5. The fourth-order valence-electron chi connectivity index (χ4n) is 3.35. The molecular weight excluding hydrogens is 364 g/mol. The molecule has 0 aliphatic carbocycles. The maximum atomic E-state index is 12.8. The highest BCUT2D eigenvalue weighted by Gasteiger charge is 2.13. The first kappa shape index (κ1) is 18.7. The van der Waals surface area contributed by atoms with Gasteiger partial charge >= 0.3 is 0 Å². The summed E-state index contributed by atoms with van der Waals surface area (Å²) in [6, 6.07) is 15.8. The van der Waals surface area contributed by atoms with E-state index < -0.39 is 0 Å². The molecule has 0 bridgehead atoms. The minimum Gasteiger partial charge on any atom is -0.269 e. The van der Waals surface area contributed by atoms with Gasteiger partial charge in [0.1, 0.15) is 5.82 Å². The molecule has 4 aromatic rings. The summed E-state index contributed by atoms with van der Waals surface area (Å²) in [5.74, 6) is 1.34. The van der Waals surface area contributed by atoms with E-state index >= 15 is 0 Å². The van der Waals surface area contributed by atoms with Gasteiger partial charge in [-0.1, -0.05) is 49.7 Å². The second-order valence-corrected chi connectivity index (χ2v) is 6.93. The SMILES string of the molecule is CCCCc1ncc(C)c(=O)n1-c1ccc(-c2ccccc2-c2nn[nH]n2)cc1. The molecular formula is C22H22N6O.